The molecule has 2 aromatic rings. The van der Waals surface area contributed by atoms with Crippen LogP contribution in [0.5, 0.6) is 0 Å². The second-order valence-electron chi connectivity index (χ2n) is 5.57. The average molecular weight is 403 g/mol. The highest BCUT2D eigenvalue weighted by atomic mass is 79.9. The van der Waals surface area contributed by atoms with Crippen molar-refractivity contribution in [1.82, 2.24) is 0 Å². The van der Waals surface area contributed by atoms with Gasteiger partial charge < -0.3 is 0 Å². The van der Waals surface area contributed by atoms with E-state index in [0.29, 0.717) is 0 Å². The van der Waals surface area contributed by atoms with Crippen LogP contribution in [0.4, 0.5) is 0 Å². The first kappa shape index (κ1) is 15.1. The molecule has 2 rings (SSSR count). The second kappa shape index (κ2) is 5.59. The highest BCUT2D eigenvalue weighted by molar-refractivity contribution is 9.11. The van der Waals surface area contributed by atoms with Gasteiger partial charge in [0.25, 0.3) is 0 Å². The van der Waals surface area contributed by atoms with Crippen LogP contribution in [0.25, 0.3) is 11.1 Å². The standard InChI is InChI=1S/C16H15Br2Cl/c1-16(2,3)10-4-7-14(17)13(8-10)12-6-5-11(19)9-15(12)18/h4-9H,1-3H3. The van der Waals surface area contributed by atoms with Crippen molar-refractivity contribution in [3.8, 4) is 11.1 Å². The van der Waals surface area contributed by atoms with Crippen molar-refractivity contribution in [3.05, 3.63) is 55.9 Å². The summed E-state index contributed by atoms with van der Waals surface area (Å²) in [5.41, 5.74) is 3.76. The zero-order valence-electron chi connectivity index (χ0n) is 11.1. The molecule has 0 saturated carbocycles. The normalized spacial score (nSPS) is 11.7. The summed E-state index contributed by atoms with van der Waals surface area (Å²) < 4.78 is 2.09. The Morgan fingerprint density at radius 1 is 0.842 bits per heavy atom. The molecule has 0 aromatic heterocycles. The second-order valence-corrected chi connectivity index (χ2v) is 7.71. The predicted octanol–water partition coefficient (Wildman–Crippen LogP) is 6.83. The summed E-state index contributed by atoms with van der Waals surface area (Å²) in [4.78, 5) is 0. The maximum atomic E-state index is 6.01. The van der Waals surface area contributed by atoms with Crippen molar-refractivity contribution >= 4 is 43.5 Å². The van der Waals surface area contributed by atoms with Gasteiger partial charge in [0.2, 0.25) is 0 Å². The Bertz CT molecular complexity index is 613. The minimum Gasteiger partial charge on any atom is -0.0843 e. The molecule has 0 radical (unpaired) electrons. The molecule has 2 aromatic carbocycles. The number of rotatable bonds is 1. The molecule has 0 spiro atoms. The third-order valence-electron chi connectivity index (χ3n) is 3.05. The molecule has 0 aliphatic rings. The number of hydrogen-bond acceptors (Lipinski definition) is 0. The highest BCUT2D eigenvalue weighted by Crippen LogP contribution is 2.37. The Labute approximate surface area is 136 Å². The lowest BCUT2D eigenvalue weighted by Gasteiger charge is -2.21. The summed E-state index contributed by atoms with van der Waals surface area (Å²) in [6.07, 6.45) is 0. The third kappa shape index (κ3) is 3.42. The molecular weight excluding hydrogens is 387 g/mol. The van der Waals surface area contributed by atoms with Gasteiger partial charge in [-0.05, 0) is 46.4 Å². The van der Waals surface area contributed by atoms with E-state index in [9.17, 15) is 0 Å². The van der Waals surface area contributed by atoms with E-state index in [1.54, 1.807) is 0 Å². The van der Waals surface area contributed by atoms with Gasteiger partial charge in [0.1, 0.15) is 0 Å². The Morgan fingerprint density at radius 3 is 2.11 bits per heavy atom. The van der Waals surface area contributed by atoms with Gasteiger partial charge in [0, 0.05) is 14.0 Å². The summed E-state index contributed by atoms with van der Waals surface area (Å²) in [5, 5.41) is 0.735. The molecule has 19 heavy (non-hydrogen) atoms. The van der Waals surface area contributed by atoms with Crippen LogP contribution < -0.4 is 0 Å². The number of halogens is 3. The van der Waals surface area contributed by atoms with Gasteiger partial charge in [0.05, 0.1) is 0 Å². The molecule has 3 heteroatoms. The average Bonchev–Trinajstić information content (AvgIpc) is 2.29. The molecule has 0 amide bonds. The van der Waals surface area contributed by atoms with E-state index in [-0.39, 0.29) is 5.41 Å². The molecule has 0 fully saturated rings. The lowest BCUT2D eigenvalue weighted by atomic mass is 9.85. The largest absolute Gasteiger partial charge is 0.0843 e. The smallest absolute Gasteiger partial charge is 0.0417 e. The van der Waals surface area contributed by atoms with Gasteiger partial charge in [-0.25, -0.2) is 0 Å². The van der Waals surface area contributed by atoms with E-state index >= 15 is 0 Å². The lowest BCUT2D eigenvalue weighted by Crippen LogP contribution is -2.10. The van der Waals surface area contributed by atoms with Crippen LogP contribution >= 0.6 is 43.5 Å². The van der Waals surface area contributed by atoms with Crippen LogP contribution in [-0.2, 0) is 5.41 Å². The Kier molecular flexibility index (Phi) is 4.44. The van der Waals surface area contributed by atoms with Gasteiger partial charge in [-0.15, -0.1) is 0 Å². The molecule has 0 aliphatic heterocycles. The van der Waals surface area contributed by atoms with Crippen LogP contribution in [0, 0.1) is 0 Å². The summed E-state index contributed by atoms with van der Waals surface area (Å²) in [5.74, 6) is 0. The molecule has 0 aliphatic carbocycles. The first-order chi connectivity index (χ1) is 8.79. The maximum Gasteiger partial charge on any atom is 0.0417 e. The quantitative estimate of drug-likeness (QED) is 0.490. The summed E-state index contributed by atoms with van der Waals surface area (Å²) >= 11 is 13.2. The Hall–Kier alpha value is -0.310. The van der Waals surface area contributed by atoms with Crippen LogP contribution in [0.1, 0.15) is 26.3 Å². The van der Waals surface area contributed by atoms with Crippen molar-refractivity contribution in [2.75, 3.05) is 0 Å². The van der Waals surface area contributed by atoms with E-state index < -0.39 is 0 Å². The van der Waals surface area contributed by atoms with Gasteiger partial charge in [-0.3, -0.25) is 0 Å². The van der Waals surface area contributed by atoms with Crippen molar-refractivity contribution in [2.45, 2.75) is 26.2 Å². The molecule has 0 unspecified atom stereocenters. The first-order valence-corrected chi connectivity index (χ1v) is 8.01. The van der Waals surface area contributed by atoms with E-state index in [2.05, 4.69) is 70.8 Å². The fraction of sp³-hybridized carbons (Fsp3) is 0.250. The van der Waals surface area contributed by atoms with Crippen molar-refractivity contribution in [2.24, 2.45) is 0 Å². The van der Waals surface area contributed by atoms with Gasteiger partial charge in [-0.2, -0.15) is 0 Å². The Balaban J connectivity index is 2.61. The SMILES string of the molecule is CC(C)(C)c1ccc(Br)c(-c2ccc(Cl)cc2Br)c1. The topological polar surface area (TPSA) is 0 Å². The van der Waals surface area contributed by atoms with Gasteiger partial charge in [-0.1, -0.05) is 76.4 Å². The summed E-state index contributed by atoms with van der Waals surface area (Å²) in [7, 11) is 0. The lowest BCUT2D eigenvalue weighted by molar-refractivity contribution is 0.590. The van der Waals surface area contributed by atoms with E-state index in [4.69, 9.17) is 11.6 Å². The molecule has 0 nitrogen and oxygen atoms in total. The molecule has 0 N–H and O–H groups in total. The summed E-state index contributed by atoms with van der Waals surface area (Å²) in [6.45, 7) is 6.66. The van der Waals surface area contributed by atoms with Crippen molar-refractivity contribution in [1.29, 1.82) is 0 Å². The zero-order chi connectivity index (χ0) is 14.2. The summed E-state index contributed by atoms with van der Waals surface area (Å²) in [6, 6.07) is 12.4. The van der Waals surface area contributed by atoms with E-state index in [1.165, 1.54) is 11.1 Å². The maximum absolute atomic E-state index is 6.01. The van der Waals surface area contributed by atoms with E-state index in [0.717, 1.165) is 19.5 Å². The van der Waals surface area contributed by atoms with Crippen LogP contribution in [0.15, 0.2) is 45.3 Å². The minimum absolute atomic E-state index is 0.133. The predicted molar refractivity (Wildman–Crippen MR) is 91.0 cm³/mol. The molecular formula is C16H15Br2Cl. The van der Waals surface area contributed by atoms with Crippen molar-refractivity contribution in [3.63, 3.8) is 0 Å². The van der Waals surface area contributed by atoms with E-state index in [1.807, 2.05) is 18.2 Å². The van der Waals surface area contributed by atoms with Crippen LogP contribution in [0.3, 0.4) is 0 Å². The molecule has 0 atom stereocenters. The fourth-order valence-electron chi connectivity index (χ4n) is 1.91. The van der Waals surface area contributed by atoms with Gasteiger partial charge >= 0.3 is 0 Å². The zero-order valence-corrected chi connectivity index (χ0v) is 15.0. The molecule has 0 bridgehead atoms. The van der Waals surface area contributed by atoms with Crippen molar-refractivity contribution < 1.29 is 0 Å². The minimum atomic E-state index is 0.133. The van der Waals surface area contributed by atoms with Crippen LogP contribution in [-0.4, -0.2) is 0 Å². The molecule has 0 saturated heterocycles. The monoisotopic (exact) mass is 400 g/mol. The highest BCUT2D eigenvalue weighted by Gasteiger charge is 2.16. The molecule has 0 heterocycles. The fourth-order valence-corrected chi connectivity index (χ4v) is 3.26. The van der Waals surface area contributed by atoms with Gasteiger partial charge in [0.15, 0.2) is 0 Å². The first-order valence-electron chi connectivity index (χ1n) is 6.04. The van der Waals surface area contributed by atoms with Crippen LogP contribution in [0.2, 0.25) is 5.02 Å². The number of benzene rings is 2. The number of hydrogen-bond donors (Lipinski definition) is 0. The third-order valence-corrected chi connectivity index (χ3v) is 4.64. The Morgan fingerprint density at radius 2 is 1.53 bits per heavy atom. The molecule has 100 valence electrons.